The van der Waals surface area contributed by atoms with Crippen molar-refractivity contribution < 1.29 is 4.79 Å². The van der Waals surface area contributed by atoms with Gasteiger partial charge in [-0.2, -0.15) is 0 Å². The lowest BCUT2D eigenvalue weighted by Crippen LogP contribution is -2.43. The van der Waals surface area contributed by atoms with Gasteiger partial charge in [0.2, 0.25) is 5.91 Å². The highest BCUT2D eigenvalue weighted by molar-refractivity contribution is 7.99. The molecule has 2 heterocycles. The Morgan fingerprint density at radius 1 is 1.23 bits per heavy atom. The highest BCUT2D eigenvalue weighted by Gasteiger charge is 2.22. The molecule has 0 aliphatic carbocycles. The van der Waals surface area contributed by atoms with Gasteiger partial charge < -0.3 is 4.90 Å². The number of carbonyl (C=O) groups is 1. The van der Waals surface area contributed by atoms with Crippen LogP contribution < -0.4 is 5.56 Å². The molecule has 0 aliphatic rings. The lowest BCUT2D eigenvalue weighted by molar-refractivity contribution is -0.131. The molecule has 30 heavy (non-hydrogen) atoms. The number of benzene rings is 1. The van der Waals surface area contributed by atoms with E-state index in [9.17, 15) is 9.59 Å². The van der Waals surface area contributed by atoms with Crippen LogP contribution in [0.15, 0.2) is 59.0 Å². The average Bonchev–Trinajstić information content (AvgIpc) is 3.13. The fourth-order valence-corrected chi connectivity index (χ4v) is 5.44. The molecule has 2 aromatic heterocycles. The summed E-state index contributed by atoms with van der Waals surface area (Å²) in [5.41, 5.74) is 1.64. The topological polar surface area (TPSA) is 55.2 Å². The maximum absolute atomic E-state index is 13.2. The molecule has 0 N–H and O–H groups in total. The Morgan fingerprint density at radius 2 is 1.90 bits per heavy atom. The minimum absolute atomic E-state index is 0.0415. The van der Waals surface area contributed by atoms with Gasteiger partial charge in [-0.05, 0) is 39.3 Å². The Hall–Kier alpha value is -2.38. The lowest BCUT2D eigenvalue weighted by atomic mass is 10.2. The van der Waals surface area contributed by atoms with E-state index in [2.05, 4.69) is 6.58 Å². The Morgan fingerprint density at radius 3 is 2.50 bits per heavy atom. The summed E-state index contributed by atoms with van der Waals surface area (Å²) in [7, 11) is 0. The summed E-state index contributed by atoms with van der Waals surface area (Å²) < 4.78 is 2.23. The van der Waals surface area contributed by atoms with E-state index in [1.165, 1.54) is 23.1 Å². The molecule has 3 rings (SSSR count). The second-order valence-electron chi connectivity index (χ2n) is 7.57. The number of hydrogen-bond acceptors (Lipinski definition) is 5. The SMILES string of the molecule is C=CCn1c(SCC(=O)N(C(C)C)C(C)C)nc2cc(-c3ccccc3)sc2c1=O. The van der Waals surface area contributed by atoms with Gasteiger partial charge in [-0.25, -0.2) is 4.98 Å². The van der Waals surface area contributed by atoms with Crippen molar-refractivity contribution >= 4 is 39.2 Å². The van der Waals surface area contributed by atoms with E-state index in [0.29, 0.717) is 21.9 Å². The first-order chi connectivity index (χ1) is 14.3. The number of thioether (sulfide) groups is 1. The Bertz CT molecular complexity index is 1090. The van der Waals surface area contributed by atoms with Crippen molar-refractivity contribution in [2.24, 2.45) is 0 Å². The molecule has 1 aromatic carbocycles. The van der Waals surface area contributed by atoms with Gasteiger partial charge >= 0.3 is 0 Å². The molecular formula is C23H27N3O2S2. The molecule has 0 aliphatic heterocycles. The molecule has 0 spiro atoms. The van der Waals surface area contributed by atoms with E-state index in [0.717, 1.165) is 10.4 Å². The number of thiophene rings is 1. The largest absolute Gasteiger partial charge is 0.337 e. The first-order valence-electron chi connectivity index (χ1n) is 9.98. The quantitative estimate of drug-likeness (QED) is 0.279. The van der Waals surface area contributed by atoms with Crippen LogP contribution >= 0.6 is 23.1 Å². The third-order valence-corrected chi connectivity index (χ3v) is 6.82. The summed E-state index contributed by atoms with van der Waals surface area (Å²) in [6.07, 6.45) is 1.68. The maximum atomic E-state index is 13.2. The molecule has 1 amide bonds. The Kier molecular flexibility index (Phi) is 7.15. The van der Waals surface area contributed by atoms with Crippen LogP contribution in [-0.2, 0) is 11.3 Å². The van der Waals surface area contributed by atoms with Crippen molar-refractivity contribution in [3.8, 4) is 10.4 Å². The molecule has 5 nitrogen and oxygen atoms in total. The number of hydrogen-bond donors (Lipinski definition) is 0. The molecule has 0 saturated carbocycles. The van der Waals surface area contributed by atoms with Gasteiger partial charge in [0.25, 0.3) is 5.56 Å². The van der Waals surface area contributed by atoms with Crippen LogP contribution in [0, 0.1) is 0 Å². The van der Waals surface area contributed by atoms with Crippen LogP contribution in [0.5, 0.6) is 0 Å². The normalized spacial score (nSPS) is 11.4. The van der Waals surface area contributed by atoms with Gasteiger partial charge in [0.05, 0.1) is 11.3 Å². The monoisotopic (exact) mass is 441 g/mol. The minimum Gasteiger partial charge on any atom is -0.337 e. The fraction of sp³-hybridized carbons (Fsp3) is 0.348. The molecule has 0 saturated heterocycles. The molecule has 0 bridgehead atoms. The zero-order chi connectivity index (χ0) is 21.8. The summed E-state index contributed by atoms with van der Waals surface area (Å²) >= 11 is 2.76. The van der Waals surface area contributed by atoms with Crippen LogP contribution in [-0.4, -0.2) is 38.2 Å². The Labute approximate surface area is 185 Å². The number of allylic oxidation sites excluding steroid dienone is 1. The van der Waals surface area contributed by atoms with Gasteiger partial charge in [-0.1, -0.05) is 48.2 Å². The van der Waals surface area contributed by atoms with E-state index in [1.807, 2.05) is 69.0 Å². The highest BCUT2D eigenvalue weighted by Crippen LogP contribution is 2.32. The van der Waals surface area contributed by atoms with Crippen molar-refractivity contribution in [2.75, 3.05) is 5.75 Å². The molecule has 3 aromatic rings. The molecule has 7 heteroatoms. The highest BCUT2D eigenvalue weighted by atomic mass is 32.2. The van der Waals surface area contributed by atoms with E-state index in [4.69, 9.17) is 4.98 Å². The number of nitrogens with zero attached hydrogens (tertiary/aromatic N) is 3. The molecule has 158 valence electrons. The predicted molar refractivity (Wildman–Crippen MR) is 127 cm³/mol. The second kappa shape index (κ2) is 9.62. The Balaban J connectivity index is 1.97. The summed E-state index contributed by atoms with van der Waals surface area (Å²) in [6.45, 7) is 12.2. The smallest absolute Gasteiger partial charge is 0.272 e. The van der Waals surface area contributed by atoms with Gasteiger partial charge in [0.1, 0.15) is 4.70 Å². The average molecular weight is 442 g/mol. The van der Waals surface area contributed by atoms with Crippen molar-refractivity contribution in [2.45, 2.75) is 51.5 Å². The van der Waals surface area contributed by atoms with E-state index in [-0.39, 0.29) is 29.3 Å². The van der Waals surface area contributed by atoms with Crippen molar-refractivity contribution in [1.29, 1.82) is 0 Å². The predicted octanol–water partition coefficient (Wildman–Crippen LogP) is 5.05. The number of aromatic nitrogens is 2. The third-order valence-electron chi connectivity index (χ3n) is 4.69. The fourth-order valence-electron chi connectivity index (χ4n) is 3.51. The summed E-state index contributed by atoms with van der Waals surface area (Å²) in [5.74, 6) is 0.279. The second-order valence-corrected chi connectivity index (χ2v) is 9.56. The van der Waals surface area contributed by atoms with Crippen LogP contribution in [0.4, 0.5) is 0 Å². The van der Waals surface area contributed by atoms with Gasteiger partial charge in [-0.3, -0.25) is 14.2 Å². The van der Waals surface area contributed by atoms with Crippen molar-refractivity contribution in [3.63, 3.8) is 0 Å². The van der Waals surface area contributed by atoms with Crippen LogP contribution in [0.1, 0.15) is 27.7 Å². The molecule has 0 radical (unpaired) electrons. The van der Waals surface area contributed by atoms with Gasteiger partial charge in [-0.15, -0.1) is 17.9 Å². The van der Waals surface area contributed by atoms with E-state index < -0.39 is 0 Å². The van der Waals surface area contributed by atoms with Crippen molar-refractivity contribution in [3.05, 3.63) is 59.4 Å². The van der Waals surface area contributed by atoms with Crippen LogP contribution in [0.2, 0.25) is 0 Å². The minimum atomic E-state index is -0.0911. The van der Waals surface area contributed by atoms with E-state index in [1.54, 1.807) is 10.6 Å². The lowest BCUT2D eigenvalue weighted by Gasteiger charge is -2.30. The maximum Gasteiger partial charge on any atom is 0.272 e. The molecule has 0 unspecified atom stereocenters. The van der Waals surface area contributed by atoms with Crippen LogP contribution in [0.3, 0.4) is 0 Å². The summed E-state index contributed by atoms with van der Waals surface area (Å²) in [6, 6.07) is 12.2. The number of amides is 1. The third kappa shape index (κ3) is 4.68. The molecule has 0 atom stereocenters. The zero-order valence-corrected chi connectivity index (χ0v) is 19.4. The standard InChI is InChI=1S/C23H27N3O2S2/c1-6-12-25-22(28)21-18(13-19(30-21)17-10-8-7-9-11-17)24-23(25)29-14-20(27)26(15(2)3)16(4)5/h6-11,13,15-16H,1,12,14H2,2-5H3. The first kappa shape index (κ1) is 22.3. The number of carbonyl (C=O) groups excluding carboxylic acids is 1. The number of fused-ring (bicyclic) bond motifs is 1. The summed E-state index contributed by atoms with van der Waals surface area (Å²) in [4.78, 5) is 33.5. The van der Waals surface area contributed by atoms with Gasteiger partial charge in [0, 0.05) is 23.5 Å². The van der Waals surface area contributed by atoms with Gasteiger partial charge in [0.15, 0.2) is 5.16 Å². The first-order valence-corrected chi connectivity index (χ1v) is 11.8. The molecule has 0 fully saturated rings. The summed E-state index contributed by atoms with van der Waals surface area (Å²) in [5, 5.41) is 0.547. The number of rotatable bonds is 8. The molecular weight excluding hydrogens is 414 g/mol. The van der Waals surface area contributed by atoms with Crippen molar-refractivity contribution in [1.82, 2.24) is 14.5 Å². The van der Waals surface area contributed by atoms with E-state index >= 15 is 0 Å². The van der Waals surface area contributed by atoms with Crippen LogP contribution in [0.25, 0.3) is 20.7 Å². The zero-order valence-electron chi connectivity index (χ0n) is 17.8.